The molecule has 0 aliphatic carbocycles. The van der Waals surface area contributed by atoms with E-state index in [4.69, 9.17) is 0 Å². The Morgan fingerprint density at radius 2 is 1.71 bits per heavy atom. The molecule has 0 aliphatic heterocycles. The van der Waals surface area contributed by atoms with Gasteiger partial charge in [0.1, 0.15) is 11.6 Å². The van der Waals surface area contributed by atoms with E-state index in [9.17, 15) is 8.78 Å². The molecule has 2 aromatic rings. The van der Waals surface area contributed by atoms with E-state index in [1.54, 1.807) is 12.1 Å². The minimum absolute atomic E-state index is 0.315. The third kappa shape index (κ3) is 2.80. The summed E-state index contributed by atoms with van der Waals surface area (Å²) < 4.78 is 26.5. The fourth-order valence-corrected chi connectivity index (χ4v) is 1.84. The van der Waals surface area contributed by atoms with Gasteiger partial charge in [-0.3, -0.25) is 0 Å². The van der Waals surface area contributed by atoms with Crippen molar-refractivity contribution in [1.82, 2.24) is 0 Å². The Kier molecular flexibility index (Phi) is 3.39. The predicted octanol–water partition coefficient (Wildman–Crippen LogP) is 3.52. The molecule has 0 saturated carbocycles. The first kappa shape index (κ1) is 12.0. The van der Waals surface area contributed by atoms with Crippen molar-refractivity contribution in [3.63, 3.8) is 0 Å². The lowest BCUT2D eigenvalue weighted by Gasteiger charge is -2.10. The Morgan fingerprint density at radius 3 is 2.35 bits per heavy atom. The average molecular weight is 251 g/mol. The molecular formula is C13H12F2NP. The van der Waals surface area contributed by atoms with E-state index in [1.165, 1.54) is 18.2 Å². The molecule has 0 saturated heterocycles. The van der Waals surface area contributed by atoms with E-state index in [1.807, 2.05) is 13.0 Å². The topological polar surface area (TPSA) is 12.0 Å². The van der Waals surface area contributed by atoms with Gasteiger partial charge in [-0.15, -0.1) is 9.24 Å². The molecule has 0 radical (unpaired) electrons. The van der Waals surface area contributed by atoms with Crippen LogP contribution in [0.3, 0.4) is 0 Å². The lowest BCUT2D eigenvalue weighted by Crippen LogP contribution is -2.04. The Hall–Kier alpha value is -1.47. The highest BCUT2D eigenvalue weighted by molar-refractivity contribution is 7.28. The largest absolute Gasteiger partial charge is 0.353 e. The van der Waals surface area contributed by atoms with Crippen LogP contribution in [-0.2, 0) is 0 Å². The van der Waals surface area contributed by atoms with Crippen molar-refractivity contribution in [2.75, 3.05) is 5.32 Å². The van der Waals surface area contributed by atoms with Crippen LogP contribution in [-0.4, -0.2) is 0 Å². The third-order valence-corrected chi connectivity index (χ3v) is 2.89. The van der Waals surface area contributed by atoms with Gasteiger partial charge in [0.05, 0.1) is 5.69 Å². The highest BCUT2D eigenvalue weighted by Gasteiger charge is 2.05. The van der Waals surface area contributed by atoms with Gasteiger partial charge in [0.15, 0.2) is 0 Å². The molecule has 0 amide bonds. The number of aryl methyl sites for hydroxylation is 1. The van der Waals surface area contributed by atoms with Crippen molar-refractivity contribution < 1.29 is 8.78 Å². The molecule has 4 heteroatoms. The molecule has 0 heterocycles. The normalized spacial score (nSPS) is 10.4. The lowest BCUT2D eigenvalue weighted by molar-refractivity contribution is 0.629. The number of nitrogens with one attached hydrogen (secondary N) is 1. The minimum Gasteiger partial charge on any atom is -0.353 e. The van der Waals surface area contributed by atoms with Crippen LogP contribution in [0.15, 0.2) is 36.4 Å². The summed E-state index contributed by atoms with van der Waals surface area (Å²) >= 11 is 0. The number of anilines is 2. The van der Waals surface area contributed by atoms with Crippen molar-refractivity contribution in [3.05, 3.63) is 53.6 Å². The van der Waals surface area contributed by atoms with E-state index >= 15 is 0 Å². The van der Waals surface area contributed by atoms with Crippen molar-refractivity contribution in [1.29, 1.82) is 0 Å². The Balaban J connectivity index is 2.31. The predicted molar refractivity (Wildman–Crippen MR) is 70.2 cm³/mol. The molecule has 0 bridgehead atoms. The molecule has 1 atom stereocenters. The van der Waals surface area contributed by atoms with Gasteiger partial charge in [0.25, 0.3) is 0 Å². The van der Waals surface area contributed by atoms with Gasteiger partial charge in [-0.25, -0.2) is 8.78 Å². The maximum absolute atomic E-state index is 13.6. The fraction of sp³-hybridized carbons (Fsp3) is 0.0769. The maximum Gasteiger partial charge on any atom is 0.146 e. The number of rotatable bonds is 2. The Bertz CT molecular complexity index is 506. The van der Waals surface area contributed by atoms with E-state index in [0.717, 1.165) is 5.56 Å². The molecule has 2 aromatic carbocycles. The van der Waals surface area contributed by atoms with Gasteiger partial charge in [0.2, 0.25) is 0 Å². The molecule has 1 unspecified atom stereocenters. The van der Waals surface area contributed by atoms with Gasteiger partial charge in [-0.2, -0.15) is 0 Å². The van der Waals surface area contributed by atoms with Gasteiger partial charge in [-0.05, 0) is 48.1 Å². The summed E-state index contributed by atoms with van der Waals surface area (Å²) in [5.74, 6) is -0.636. The average Bonchev–Trinajstić information content (AvgIpc) is 2.25. The van der Waals surface area contributed by atoms with Crippen molar-refractivity contribution in [3.8, 4) is 0 Å². The van der Waals surface area contributed by atoms with E-state index in [-0.39, 0.29) is 11.6 Å². The first-order valence-electron chi connectivity index (χ1n) is 5.14. The molecule has 0 spiro atoms. The minimum atomic E-state index is -0.321. The summed E-state index contributed by atoms with van der Waals surface area (Å²) in [4.78, 5) is 0. The van der Waals surface area contributed by atoms with E-state index in [2.05, 4.69) is 14.6 Å². The molecule has 17 heavy (non-hydrogen) atoms. The van der Waals surface area contributed by atoms with E-state index in [0.29, 0.717) is 16.7 Å². The highest BCUT2D eigenvalue weighted by atomic mass is 31.0. The molecule has 1 N–H and O–H groups in total. The number of benzene rings is 2. The SMILES string of the molecule is Cc1ccc(Nc2ccc(F)cc2P)c(F)c1. The standard InChI is InChI=1S/C13H12F2NP/c1-8-2-4-11(10(15)6-8)16-12-5-3-9(14)7-13(12)17/h2-7,16H,17H2,1H3. The molecule has 2 rings (SSSR count). The van der Waals surface area contributed by atoms with Crippen LogP contribution in [0, 0.1) is 18.6 Å². The summed E-state index contributed by atoms with van der Waals surface area (Å²) in [6.07, 6.45) is 0. The zero-order valence-corrected chi connectivity index (χ0v) is 10.5. The second-order valence-electron chi connectivity index (χ2n) is 3.84. The van der Waals surface area contributed by atoms with Crippen LogP contribution in [0.5, 0.6) is 0 Å². The maximum atomic E-state index is 13.6. The zero-order valence-electron chi connectivity index (χ0n) is 9.30. The van der Waals surface area contributed by atoms with Gasteiger partial charge in [0, 0.05) is 5.69 Å². The van der Waals surface area contributed by atoms with Crippen LogP contribution >= 0.6 is 9.24 Å². The lowest BCUT2D eigenvalue weighted by atomic mass is 10.2. The van der Waals surface area contributed by atoms with Crippen molar-refractivity contribution in [2.24, 2.45) is 0 Å². The zero-order chi connectivity index (χ0) is 12.4. The van der Waals surface area contributed by atoms with Crippen molar-refractivity contribution in [2.45, 2.75) is 6.92 Å². The highest BCUT2D eigenvalue weighted by Crippen LogP contribution is 2.21. The van der Waals surface area contributed by atoms with Crippen LogP contribution in [0.4, 0.5) is 20.2 Å². The van der Waals surface area contributed by atoms with Crippen LogP contribution in [0.25, 0.3) is 0 Å². The number of halogens is 2. The Labute approximate surface area is 101 Å². The van der Waals surface area contributed by atoms with E-state index < -0.39 is 0 Å². The van der Waals surface area contributed by atoms with Crippen LogP contribution in [0.2, 0.25) is 0 Å². The fourth-order valence-electron chi connectivity index (χ4n) is 1.51. The first-order valence-corrected chi connectivity index (χ1v) is 5.72. The molecule has 0 aliphatic rings. The number of hydrogen-bond acceptors (Lipinski definition) is 1. The van der Waals surface area contributed by atoms with Gasteiger partial charge >= 0.3 is 0 Å². The van der Waals surface area contributed by atoms with Gasteiger partial charge < -0.3 is 5.32 Å². The summed E-state index contributed by atoms with van der Waals surface area (Å²) in [7, 11) is 2.42. The summed E-state index contributed by atoms with van der Waals surface area (Å²) in [6.45, 7) is 1.83. The summed E-state index contributed by atoms with van der Waals surface area (Å²) in [6, 6.07) is 9.22. The monoisotopic (exact) mass is 251 g/mol. The molecule has 0 fully saturated rings. The quantitative estimate of drug-likeness (QED) is 0.805. The number of hydrogen-bond donors (Lipinski definition) is 1. The molecular weight excluding hydrogens is 239 g/mol. The smallest absolute Gasteiger partial charge is 0.146 e. The van der Waals surface area contributed by atoms with Gasteiger partial charge in [-0.1, -0.05) is 6.07 Å². The second-order valence-corrected chi connectivity index (χ2v) is 4.46. The van der Waals surface area contributed by atoms with Crippen LogP contribution < -0.4 is 10.6 Å². The summed E-state index contributed by atoms with van der Waals surface area (Å²) in [5, 5.41) is 3.59. The molecule has 88 valence electrons. The molecule has 0 aromatic heterocycles. The van der Waals surface area contributed by atoms with Crippen molar-refractivity contribution >= 4 is 25.9 Å². The summed E-state index contributed by atoms with van der Waals surface area (Å²) in [5.41, 5.74) is 1.91. The second kappa shape index (κ2) is 4.80. The molecule has 1 nitrogen and oxygen atoms in total. The van der Waals surface area contributed by atoms with Crippen LogP contribution in [0.1, 0.15) is 5.56 Å². The third-order valence-electron chi connectivity index (χ3n) is 2.41. The first-order chi connectivity index (χ1) is 8.06. The Morgan fingerprint density at radius 1 is 1.00 bits per heavy atom.